The van der Waals surface area contributed by atoms with E-state index in [1.807, 2.05) is 18.7 Å². The lowest BCUT2D eigenvalue weighted by molar-refractivity contribution is -0.132. The second-order valence-electron chi connectivity index (χ2n) is 5.98. The molecular formula is C17H24ClN3O2. The van der Waals surface area contributed by atoms with Crippen molar-refractivity contribution in [3.8, 4) is 0 Å². The van der Waals surface area contributed by atoms with Crippen LogP contribution < -0.4 is 5.32 Å². The van der Waals surface area contributed by atoms with Gasteiger partial charge in [-0.3, -0.25) is 9.59 Å². The van der Waals surface area contributed by atoms with Crippen molar-refractivity contribution in [3.63, 3.8) is 0 Å². The van der Waals surface area contributed by atoms with Crippen LogP contribution in [0.2, 0.25) is 5.02 Å². The van der Waals surface area contributed by atoms with Crippen molar-refractivity contribution in [3.05, 3.63) is 34.9 Å². The third-order valence-corrected chi connectivity index (χ3v) is 4.23. The first-order valence-corrected chi connectivity index (χ1v) is 8.42. The maximum atomic E-state index is 12.7. The van der Waals surface area contributed by atoms with E-state index < -0.39 is 0 Å². The molecule has 0 aliphatic carbocycles. The standard InChI is InChI=1S/C17H24ClN3O2/c1-13(2)21(17(23)14-4-3-5-15(18)12-14)9-6-16(22)20-10-7-19-8-11-20/h3-5,12-13,19H,6-11H2,1-2H3. The first-order chi connectivity index (χ1) is 11.0. The number of carbonyl (C=O) groups is 2. The topological polar surface area (TPSA) is 52.7 Å². The van der Waals surface area contributed by atoms with Crippen LogP contribution in [0.3, 0.4) is 0 Å². The fraction of sp³-hybridized carbons (Fsp3) is 0.529. The van der Waals surface area contributed by atoms with Crippen LogP contribution in [0.5, 0.6) is 0 Å². The molecule has 5 nitrogen and oxygen atoms in total. The SMILES string of the molecule is CC(C)N(CCC(=O)N1CCNCC1)C(=O)c1cccc(Cl)c1. The molecule has 1 aromatic carbocycles. The van der Waals surface area contributed by atoms with Crippen LogP contribution in [0.25, 0.3) is 0 Å². The molecule has 1 N–H and O–H groups in total. The summed E-state index contributed by atoms with van der Waals surface area (Å²) in [5.74, 6) is 0.0201. The first kappa shape index (κ1) is 17.8. The largest absolute Gasteiger partial charge is 0.340 e. The first-order valence-electron chi connectivity index (χ1n) is 8.04. The van der Waals surface area contributed by atoms with Gasteiger partial charge in [0, 0.05) is 55.8 Å². The Morgan fingerprint density at radius 1 is 1.30 bits per heavy atom. The molecule has 1 fully saturated rings. The number of carbonyl (C=O) groups excluding carboxylic acids is 2. The summed E-state index contributed by atoms with van der Waals surface area (Å²) < 4.78 is 0. The number of nitrogens with one attached hydrogen (secondary N) is 1. The van der Waals surface area contributed by atoms with E-state index in [1.54, 1.807) is 29.2 Å². The van der Waals surface area contributed by atoms with Crippen molar-refractivity contribution < 1.29 is 9.59 Å². The Hall–Kier alpha value is -1.59. The van der Waals surface area contributed by atoms with Gasteiger partial charge in [0.15, 0.2) is 0 Å². The van der Waals surface area contributed by atoms with Crippen LogP contribution in [0.15, 0.2) is 24.3 Å². The van der Waals surface area contributed by atoms with E-state index in [2.05, 4.69) is 5.32 Å². The van der Waals surface area contributed by atoms with Crippen molar-refractivity contribution in [2.45, 2.75) is 26.3 Å². The molecule has 1 saturated heterocycles. The molecule has 0 bridgehead atoms. The van der Waals surface area contributed by atoms with Crippen LogP contribution in [-0.2, 0) is 4.79 Å². The van der Waals surface area contributed by atoms with Crippen LogP contribution in [0.1, 0.15) is 30.6 Å². The summed E-state index contributed by atoms with van der Waals surface area (Å²) in [4.78, 5) is 28.5. The van der Waals surface area contributed by atoms with Crippen molar-refractivity contribution in [2.75, 3.05) is 32.7 Å². The molecule has 1 heterocycles. The van der Waals surface area contributed by atoms with Gasteiger partial charge in [-0.25, -0.2) is 0 Å². The Bertz CT molecular complexity index is 557. The molecule has 2 rings (SSSR count). The zero-order valence-electron chi connectivity index (χ0n) is 13.7. The van der Waals surface area contributed by atoms with Crippen molar-refractivity contribution in [2.24, 2.45) is 0 Å². The predicted molar refractivity (Wildman–Crippen MR) is 91.7 cm³/mol. The number of rotatable bonds is 5. The minimum Gasteiger partial charge on any atom is -0.340 e. The van der Waals surface area contributed by atoms with E-state index in [0.717, 1.165) is 26.2 Å². The smallest absolute Gasteiger partial charge is 0.254 e. The van der Waals surface area contributed by atoms with Crippen LogP contribution >= 0.6 is 11.6 Å². The Morgan fingerprint density at radius 2 is 2.00 bits per heavy atom. The molecule has 0 spiro atoms. The van der Waals surface area contributed by atoms with Gasteiger partial charge in [0.05, 0.1) is 0 Å². The second-order valence-corrected chi connectivity index (χ2v) is 6.42. The second kappa shape index (κ2) is 8.31. The summed E-state index contributed by atoms with van der Waals surface area (Å²) in [6.45, 7) is 7.48. The van der Waals surface area contributed by atoms with Gasteiger partial charge in [0.1, 0.15) is 0 Å². The van der Waals surface area contributed by atoms with E-state index in [4.69, 9.17) is 11.6 Å². The molecule has 23 heavy (non-hydrogen) atoms. The molecular weight excluding hydrogens is 314 g/mol. The summed E-state index contributed by atoms with van der Waals surface area (Å²) in [5, 5.41) is 3.77. The fourth-order valence-electron chi connectivity index (χ4n) is 2.67. The molecule has 0 unspecified atom stereocenters. The highest BCUT2D eigenvalue weighted by Crippen LogP contribution is 2.15. The summed E-state index contributed by atoms with van der Waals surface area (Å²) in [7, 11) is 0. The van der Waals surface area contributed by atoms with E-state index in [1.165, 1.54) is 0 Å². The molecule has 0 radical (unpaired) electrons. The van der Waals surface area contributed by atoms with Crippen molar-refractivity contribution in [1.82, 2.24) is 15.1 Å². The lowest BCUT2D eigenvalue weighted by Crippen LogP contribution is -2.47. The molecule has 2 amide bonds. The summed E-state index contributed by atoms with van der Waals surface area (Å²) >= 11 is 5.96. The van der Waals surface area contributed by atoms with Crippen LogP contribution in [0.4, 0.5) is 0 Å². The van der Waals surface area contributed by atoms with Crippen LogP contribution in [-0.4, -0.2) is 60.4 Å². The van der Waals surface area contributed by atoms with E-state index in [-0.39, 0.29) is 17.9 Å². The average molecular weight is 338 g/mol. The number of halogens is 1. The quantitative estimate of drug-likeness (QED) is 0.894. The molecule has 1 aliphatic rings. The van der Waals surface area contributed by atoms with Gasteiger partial charge in [0.2, 0.25) is 5.91 Å². The maximum Gasteiger partial charge on any atom is 0.254 e. The van der Waals surface area contributed by atoms with E-state index >= 15 is 0 Å². The Balaban J connectivity index is 1.98. The molecule has 0 saturated carbocycles. The zero-order valence-corrected chi connectivity index (χ0v) is 14.5. The number of hydrogen-bond acceptors (Lipinski definition) is 3. The van der Waals surface area contributed by atoms with Gasteiger partial charge < -0.3 is 15.1 Å². The van der Waals surface area contributed by atoms with E-state index in [0.29, 0.717) is 23.6 Å². The van der Waals surface area contributed by atoms with E-state index in [9.17, 15) is 9.59 Å². The number of piperazine rings is 1. The highest BCUT2D eigenvalue weighted by atomic mass is 35.5. The summed E-state index contributed by atoms with van der Waals surface area (Å²) in [5.41, 5.74) is 0.556. The lowest BCUT2D eigenvalue weighted by atomic mass is 10.1. The van der Waals surface area contributed by atoms with Gasteiger partial charge in [-0.1, -0.05) is 17.7 Å². The number of hydrogen-bond donors (Lipinski definition) is 1. The number of benzene rings is 1. The minimum atomic E-state index is -0.0874. The molecule has 0 aromatic heterocycles. The Kier molecular flexibility index (Phi) is 6.42. The van der Waals surface area contributed by atoms with Gasteiger partial charge in [-0.15, -0.1) is 0 Å². The van der Waals surface area contributed by atoms with Gasteiger partial charge in [0.25, 0.3) is 5.91 Å². The zero-order chi connectivity index (χ0) is 16.8. The Labute approximate surface area is 142 Å². The monoisotopic (exact) mass is 337 g/mol. The number of nitrogens with zero attached hydrogens (tertiary/aromatic N) is 2. The highest BCUT2D eigenvalue weighted by Gasteiger charge is 2.22. The lowest BCUT2D eigenvalue weighted by Gasteiger charge is -2.30. The third-order valence-electron chi connectivity index (χ3n) is 3.99. The molecule has 1 aromatic rings. The van der Waals surface area contributed by atoms with Crippen LogP contribution in [0, 0.1) is 0 Å². The summed E-state index contributed by atoms with van der Waals surface area (Å²) in [6.07, 6.45) is 0.352. The highest BCUT2D eigenvalue weighted by molar-refractivity contribution is 6.30. The average Bonchev–Trinajstić information content (AvgIpc) is 2.55. The third kappa shape index (κ3) is 4.94. The minimum absolute atomic E-state index is 0.0253. The number of amides is 2. The fourth-order valence-corrected chi connectivity index (χ4v) is 2.86. The summed E-state index contributed by atoms with van der Waals surface area (Å²) in [6, 6.07) is 6.95. The van der Waals surface area contributed by atoms with Gasteiger partial charge in [-0.05, 0) is 32.0 Å². The predicted octanol–water partition coefficient (Wildman–Crippen LogP) is 2.01. The van der Waals surface area contributed by atoms with Gasteiger partial charge in [-0.2, -0.15) is 0 Å². The van der Waals surface area contributed by atoms with Crippen molar-refractivity contribution >= 4 is 23.4 Å². The molecule has 6 heteroatoms. The molecule has 1 aliphatic heterocycles. The van der Waals surface area contributed by atoms with Crippen molar-refractivity contribution in [1.29, 1.82) is 0 Å². The van der Waals surface area contributed by atoms with Gasteiger partial charge >= 0.3 is 0 Å². The maximum absolute atomic E-state index is 12.7. The Morgan fingerprint density at radius 3 is 2.61 bits per heavy atom. The molecule has 0 atom stereocenters. The normalized spacial score (nSPS) is 14.9. The molecule has 126 valence electrons.